The van der Waals surface area contributed by atoms with Gasteiger partial charge in [-0.1, -0.05) is 18.2 Å². The van der Waals surface area contributed by atoms with Crippen LogP contribution in [0, 0.1) is 0 Å². The number of para-hydroxylation sites is 1. The van der Waals surface area contributed by atoms with Crippen LogP contribution in [0.1, 0.15) is 33.6 Å². The van der Waals surface area contributed by atoms with Crippen LogP contribution in [0.2, 0.25) is 0 Å². The second-order valence-corrected chi connectivity index (χ2v) is 6.44. The summed E-state index contributed by atoms with van der Waals surface area (Å²) in [5.74, 6) is -0.939. The summed E-state index contributed by atoms with van der Waals surface area (Å²) in [6, 6.07) is 7.93. The van der Waals surface area contributed by atoms with Gasteiger partial charge in [0.25, 0.3) is 6.04 Å². The molecule has 25 heavy (non-hydrogen) atoms. The Balaban J connectivity index is 2.70. The van der Waals surface area contributed by atoms with Crippen LogP contribution in [-0.4, -0.2) is 48.0 Å². The Morgan fingerprint density at radius 3 is 2.32 bits per heavy atom. The number of hydrogen-bond donors (Lipinski definition) is 1. The molecule has 0 saturated carbocycles. The minimum atomic E-state index is -1.01. The molecular formula is C18H25N2O5+. The normalized spacial score (nSPS) is 12.0. The molecule has 2 amide bonds. The van der Waals surface area contributed by atoms with Gasteiger partial charge in [-0.15, -0.1) is 4.58 Å². The van der Waals surface area contributed by atoms with Crippen molar-refractivity contribution >= 4 is 30.4 Å². The van der Waals surface area contributed by atoms with Gasteiger partial charge in [-0.25, -0.2) is 4.79 Å². The van der Waals surface area contributed by atoms with Gasteiger partial charge in [-0.05, 0) is 32.9 Å². The third-order valence-electron chi connectivity index (χ3n) is 3.18. The minimum Gasteiger partial charge on any atom is -0.464 e. The number of anilines is 1. The number of hydrogen-bond acceptors (Lipinski definition) is 5. The average molecular weight is 349 g/mol. The van der Waals surface area contributed by atoms with E-state index in [-0.39, 0.29) is 18.7 Å². The maximum absolute atomic E-state index is 12.1. The minimum absolute atomic E-state index is 0.0173. The predicted molar refractivity (Wildman–Crippen MR) is 93.7 cm³/mol. The number of benzene rings is 1. The van der Waals surface area contributed by atoms with Gasteiger partial charge in [-0.2, -0.15) is 4.79 Å². The number of methoxy groups -OCH3 is 1. The highest BCUT2D eigenvalue weighted by Crippen LogP contribution is 2.13. The summed E-state index contributed by atoms with van der Waals surface area (Å²) in [6.45, 7) is 8.70. The van der Waals surface area contributed by atoms with E-state index in [4.69, 9.17) is 9.47 Å². The van der Waals surface area contributed by atoms with Gasteiger partial charge >= 0.3 is 12.1 Å². The van der Waals surface area contributed by atoms with Crippen LogP contribution in [0.4, 0.5) is 10.5 Å². The maximum Gasteiger partial charge on any atom is 0.597 e. The number of ether oxygens (including phenoxy) is 2. The van der Waals surface area contributed by atoms with Gasteiger partial charge in [0.15, 0.2) is 0 Å². The molecule has 1 atom stereocenters. The highest BCUT2D eigenvalue weighted by molar-refractivity contribution is 5.91. The molecule has 0 spiro atoms. The molecule has 0 aliphatic carbocycles. The largest absolute Gasteiger partial charge is 0.597 e. The van der Waals surface area contributed by atoms with Gasteiger partial charge in [0.1, 0.15) is 12.3 Å². The van der Waals surface area contributed by atoms with Crippen LogP contribution in [0.15, 0.2) is 30.3 Å². The summed E-state index contributed by atoms with van der Waals surface area (Å²) in [6.07, 6.45) is -0.677. The van der Waals surface area contributed by atoms with Crippen molar-refractivity contribution in [2.75, 3.05) is 12.4 Å². The summed E-state index contributed by atoms with van der Waals surface area (Å²) in [4.78, 5) is 36.1. The first-order valence-electron chi connectivity index (χ1n) is 7.89. The molecule has 1 rings (SSSR count). The molecular weight excluding hydrogens is 324 g/mol. The highest BCUT2D eigenvalue weighted by atomic mass is 16.6. The molecule has 0 saturated heterocycles. The Morgan fingerprint density at radius 2 is 1.80 bits per heavy atom. The molecule has 0 unspecified atom stereocenters. The van der Waals surface area contributed by atoms with E-state index in [9.17, 15) is 14.4 Å². The Morgan fingerprint density at radius 1 is 1.20 bits per heavy atom. The molecule has 1 N–H and O–H groups in total. The van der Waals surface area contributed by atoms with E-state index < -0.39 is 23.7 Å². The molecule has 136 valence electrons. The van der Waals surface area contributed by atoms with Crippen molar-refractivity contribution in [1.82, 2.24) is 0 Å². The molecule has 0 fully saturated rings. The summed E-state index contributed by atoms with van der Waals surface area (Å²) >= 11 is 0. The first-order valence-corrected chi connectivity index (χ1v) is 7.89. The van der Waals surface area contributed by atoms with E-state index in [1.807, 2.05) is 6.07 Å². The number of esters is 1. The van der Waals surface area contributed by atoms with Crippen molar-refractivity contribution in [2.24, 2.45) is 0 Å². The van der Waals surface area contributed by atoms with Gasteiger partial charge in [0, 0.05) is 18.5 Å². The molecule has 1 aromatic rings. The van der Waals surface area contributed by atoms with Gasteiger partial charge in [0.05, 0.1) is 7.11 Å². The SMILES string of the molecule is C=[N+](C(=O)OC(C)(C)C)[C@@H](CCC(=O)Nc1ccccc1)C(=O)OC. The first-order chi connectivity index (χ1) is 11.6. The summed E-state index contributed by atoms with van der Waals surface area (Å²) in [5.41, 5.74) is -0.0704. The van der Waals surface area contributed by atoms with Crippen molar-refractivity contribution < 1.29 is 28.4 Å². The van der Waals surface area contributed by atoms with Gasteiger partial charge < -0.3 is 14.8 Å². The molecule has 7 nitrogen and oxygen atoms in total. The standard InChI is InChI=1S/C18H24N2O5/c1-18(2,3)25-17(23)20(4)14(16(22)24-5)11-12-15(21)19-13-9-7-6-8-10-13/h6-10,14H,4,11-12H2,1-3,5H3/p+1/t14-/m0/s1. The second-order valence-electron chi connectivity index (χ2n) is 6.44. The lowest BCUT2D eigenvalue weighted by Gasteiger charge is -2.18. The van der Waals surface area contributed by atoms with Crippen LogP contribution < -0.4 is 5.32 Å². The highest BCUT2D eigenvalue weighted by Gasteiger charge is 2.37. The Labute approximate surface area is 147 Å². The van der Waals surface area contributed by atoms with Gasteiger partial charge in [-0.3, -0.25) is 4.79 Å². The lowest BCUT2D eigenvalue weighted by Crippen LogP contribution is -2.41. The Kier molecular flexibility index (Phi) is 7.29. The zero-order valence-corrected chi connectivity index (χ0v) is 15.1. The Hall–Kier alpha value is -2.70. The van der Waals surface area contributed by atoms with Crippen LogP contribution in [0.5, 0.6) is 0 Å². The van der Waals surface area contributed by atoms with Crippen molar-refractivity contribution in [3.05, 3.63) is 30.3 Å². The van der Waals surface area contributed by atoms with Crippen LogP contribution >= 0.6 is 0 Å². The van der Waals surface area contributed by atoms with E-state index in [1.54, 1.807) is 45.0 Å². The average Bonchev–Trinajstić information content (AvgIpc) is 2.53. The fraction of sp³-hybridized carbons (Fsp3) is 0.444. The maximum atomic E-state index is 12.1. The molecule has 0 bridgehead atoms. The van der Waals surface area contributed by atoms with E-state index >= 15 is 0 Å². The smallest absolute Gasteiger partial charge is 0.464 e. The lowest BCUT2D eigenvalue weighted by atomic mass is 10.1. The number of nitrogens with zero attached hydrogens (tertiary/aromatic N) is 1. The Bertz CT molecular complexity index is 635. The third-order valence-corrected chi connectivity index (χ3v) is 3.18. The van der Waals surface area contributed by atoms with Crippen LogP contribution in [-0.2, 0) is 19.1 Å². The predicted octanol–water partition coefficient (Wildman–Crippen LogP) is 2.60. The lowest BCUT2D eigenvalue weighted by molar-refractivity contribution is -0.473. The topological polar surface area (TPSA) is 84.7 Å². The zero-order chi connectivity index (χ0) is 19.0. The third kappa shape index (κ3) is 7.15. The first kappa shape index (κ1) is 20.3. The van der Waals surface area contributed by atoms with Gasteiger partial charge in [0.2, 0.25) is 5.91 Å². The molecule has 0 aromatic heterocycles. The number of amides is 2. The monoisotopic (exact) mass is 349 g/mol. The number of carbonyl (C=O) groups excluding carboxylic acids is 3. The van der Waals surface area contributed by atoms with Crippen molar-refractivity contribution in [1.29, 1.82) is 0 Å². The molecule has 1 aromatic carbocycles. The fourth-order valence-electron chi connectivity index (χ4n) is 2.00. The molecule has 0 radical (unpaired) electrons. The van der Waals surface area contributed by atoms with Crippen LogP contribution in [0.3, 0.4) is 0 Å². The summed E-state index contributed by atoms with van der Waals surface area (Å²) in [7, 11) is 1.21. The second kappa shape index (κ2) is 8.96. The number of rotatable bonds is 6. The zero-order valence-electron chi connectivity index (χ0n) is 15.1. The van der Waals surface area contributed by atoms with E-state index in [0.717, 1.165) is 4.58 Å². The molecule has 0 aliphatic heterocycles. The van der Waals surface area contributed by atoms with E-state index in [0.29, 0.717) is 5.69 Å². The quantitative estimate of drug-likeness (QED) is 0.485. The summed E-state index contributed by atoms with van der Waals surface area (Å²) < 4.78 is 10.8. The summed E-state index contributed by atoms with van der Waals surface area (Å²) in [5, 5.41) is 2.71. The number of nitrogens with one attached hydrogen (secondary N) is 1. The molecule has 0 aliphatic rings. The van der Waals surface area contributed by atoms with Crippen molar-refractivity contribution in [2.45, 2.75) is 45.3 Å². The fourth-order valence-corrected chi connectivity index (χ4v) is 2.00. The van der Waals surface area contributed by atoms with E-state index in [2.05, 4.69) is 12.0 Å². The molecule has 0 heterocycles. The number of carbonyl (C=O) groups is 3. The van der Waals surface area contributed by atoms with Crippen molar-refractivity contribution in [3.8, 4) is 0 Å². The van der Waals surface area contributed by atoms with Crippen LogP contribution in [0.25, 0.3) is 0 Å². The van der Waals surface area contributed by atoms with Crippen molar-refractivity contribution in [3.63, 3.8) is 0 Å². The molecule has 7 heteroatoms. The van der Waals surface area contributed by atoms with E-state index in [1.165, 1.54) is 7.11 Å².